The van der Waals surface area contributed by atoms with Gasteiger partial charge in [-0.05, 0) is 146 Å². The predicted molar refractivity (Wildman–Crippen MR) is 311 cm³/mol. The smallest absolute Gasteiger partial charge is 1.00 e. The maximum Gasteiger partial charge on any atom is 1.00 e. The summed E-state index contributed by atoms with van der Waals surface area (Å²) in [7, 11) is -8.20. The van der Waals surface area contributed by atoms with Gasteiger partial charge in [0.2, 0.25) is 0 Å². The quantitative estimate of drug-likeness (QED) is 0.0271. The number of aromatic hydroxyl groups is 1. The fourth-order valence-corrected chi connectivity index (χ4v) is 13.9. The zero-order valence-corrected chi connectivity index (χ0v) is 58.6. The minimum absolute atomic E-state index is 0. The zero-order valence-electron chi connectivity index (χ0n) is 50.9. The molecule has 2 heterocycles. The molecule has 2 aliphatic heterocycles. The number of Topliss-reactive ketones (excluding diaryl/α,β-unsaturated/α-hetero) is 2. The van der Waals surface area contributed by atoms with Crippen molar-refractivity contribution < 1.29 is 191 Å². The van der Waals surface area contributed by atoms with Gasteiger partial charge in [0.15, 0.2) is 27.0 Å². The van der Waals surface area contributed by atoms with E-state index in [2.05, 4.69) is 96.7 Å². The van der Waals surface area contributed by atoms with Crippen molar-refractivity contribution in [2.45, 2.75) is 121 Å². The number of phenolic OH excluding ortho intramolecular Hbond substituents is 1. The molecule has 0 bridgehead atoms. The van der Waals surface area contributed by atoms with Crippen LogP contribution in [0, 0.1) is 34.5 Å². The summed E-state index contributed by atoms with van der Waals surface area (Å²) in [5.74, 6) is 6.09. The van der Waals surface area contributed by atoms with Crippen LogP contribution in [-0.2, 0) is 52.3 Å². The van der Waals surface area contributed by atoms with Gasteiger partial charge in [0.05, 0.1) is 11.4 Å². The number of fused-ring (bicyclic) bond motifs is 10. The Morgan fingerprint density at radius 1 is 0.656 bits per heavy atom. The van der Waals surface area contributed by atoms with Crippen molar-refractivity contribution in [3.8, 4) is 11.5 Å². The molecule has 0 amide bonds. The van der Waals surface area contributed by atoms with E-state index in [-0.39, 0.29) is 129 Å². The van der Waals surface area contributed by atoms with Gasteiger partial charge in [0, 0.05) is 61.3 Å². The topological polar surface area (TPSA) is 264 Å². The second-order valence-electron chi connectivity index (χ2n) is 22.8. The first-order valence-electron chi connectivity index (χ1n) is 27.9. The summed E-state index contributed by atoms with van der Waals surface area (Å²) in [6.07, 6.45) is 16.8. The predicted octanol–water partition coefficient (Wildman–Crippen LogP) is 4.07. The van der Waals surface area contributed by atoms with E-state index in [1.165, 1.54) is 46.2 Å². The maximum absolute atomic E-state index is 12.6. The number of ketones is 2. The molecule has 6 aliphatic carbocycles. The van der Waals surface area contributed by atoms with Crippen LogP contribution >= 0.6 is 11.6 Å². The number of halogens is 7. The molecule has 8 atom stereocenters. The molecule has 3 N–H and O–H groups in total. The van der Waals surface area contributed by atoms with Gasteiger partial charge in [0.1, 0.15) is 29.1 Å². The molecule has 4 aromatic rings. The third-order valence-electron chi connectivity index (χ3n) is 17.9. The number of alkyl halides is 7. The normalized spacial score (nSPS) is 25.1. The summed E-state index contributed by atoms with van der Waals surface area (Å²) < 4.78 is 124. The minimum atomic E-state index is -6.09. The molecule has 19 nitrogen and oxygen atoms in total. The minimum Gasteiger partial charge on any atom is -1.00 e. The summed E-state index contributed by atoms with van der Waals surface area (Å²) in [6.45, 7) is 4.72. The van der Waals surface area contributed by atoms with Crippen molar-refractivity contribution in [2.75, 3.05) is 26.8 Å². The van der Waals surface area contributed by atoms with Crippen LogP contribution < -0.4 is 124 Å². The van der Waals surface area contributed by atoms with Gasteiger partial charge in [-0.15, -0.1) is 22.7 Å². The number of rotatable bonds is 7. The summed E-state index contributed by atoms with van der Waals surface area (Å²) in [6, 6.07) is 33.6. The van der Waals surface area contributed by atoms with Gasteiger partial charge < -0.3 is 30.5 Å². The first-order chi connectivity index (χ1) is 40.8. The maximum atomic E-state index is 12.6. The van der Waals surface area contributed by atoms with Gasteiger partial charge in [0.25, 0.3) is 6.47 Å². The van der Waals surface area contributed by atoms with E-state index in [1.807, 2.05) is 76.7 Å². The van der Waals surface area contributed by atoms with Gasteiger partial charge in [-0.1, -0.05) is 94.1 Å². The molecule has 0 saturated heterocycles. The molecule has 4 fully saturated rings. The molecule has 4 saturated carbocycles. The zero-order chi connectivity index (χ0) is 63.9. The Morgan fingerprint density at radius 2 is 1.04 bits per heavy atom. The van der Waals surface area contributed by atoms with Gasteiger partial charge in [-0.3, -0.25) is 34.4 Å². The summed E-state index contributed by atoms with van der Waals surface area (Å²) in [5, 5.41) is 25.8. The van der Waals surface area contributed by atoms with Crippen molar-refractivity contribution in [3.05, 3.63) is 143 Å². The SMILES string of the molecule is C.CN1NN(CCl)C=C1c1ccccc1.CN1NN(COc2ccc3c(c2)CCC2C3CC[C@]3(C)C(=O)CCC23)C=C1c1ccccc1.C[C@]12CCC3c4ccc(O)cc4CCC3C1CCC2=O.O=CO[O-].O=S(=O)([O-])C(F)(F)F.O=S(=O)([O-])C(F)(F)F.[H-].[K+].[K+]. The van der Waals surface area contributed by atoms with Crippen molar-refractivity contribution in [1.29, 1.82) is 0 Å². The summed E-state index contributed by atoms with van der Waals surface area (Å²) in [4.78, 5) is 36.1. The van der Waals surface area contributed by atoms with Crippen LogP contribution in [0.1, 0.15) is 132 Å². The number of phenols is 1. The fraction of sp³-hybridized carbons (Fsp3) is 0.483. The Kier molecular flexibility index (Phi) is 29.5. The Balaban J connectivity index is 0.000000320. The summed E-state index contributed by atoms with van der Waals surface area (Å²) >= 11 is 5.72. The summed E-state index contributed by atoms with van der Waals surface area (Å²) in [5.41, 5.74) is 5.34. The first-order valence-corrected chi connectivity index (χ1v) is 31.2. The molecule has 6 unspecified atom stereocenters. The molecular weight excluding hydrogens is 1300 g/mol. The van der Waals surface area contributed by atoms with E-state index in [0.29, 0.717) is 65.6 Å². The number of nitrogens with one attached hydrogen (secondary N) is 2. The third-order valence-corrected chi connectivity index (χ3v) is 19.3. The Morgan fingerprint density at radius 3 is 1.43 bits per heavy atom. The molecular formula is C60H73ClF6K2N6O13S2-2. The molecule has 30 heteroatoms. The fourth-order valence-electron chi connectivity index (χ4n) is 13.8. The van der Waals surface area contributed by atoms with Crippen molar-refractivity contribution in [3.63, 3.8) is 0 Å². The number of hydrogen-bond donors (Lipinski definition) is 3. The van der Waals surface area contributed by atoms with E-state index in [4.69, 9.17) is 52.3 Å². The van der Waals surface area contributed by atoms with E-state index in [9.17, 15) is 41.0 Å². The van der Waals surface area contributed by atoms with E-state index in [0.717, 1.165) is 81.4 Å². The monoisotopic (exact) mass is 1380 g/mol. The van der Waals surface area contributed by atoms with Gasteiger partial charge >= 0.3 is 114 Å². The number of hydrazine groups is 4. The number of hydrogen-bond acceptors (Lipinski definition) is 19. The number of nitrogens with zero attached hydrogens (tertiary/aromatic N) is 4. The molecule has 0 spiro atoms. The average molecular weight is 1380 g/mol. The second-order valence-corrected chi connectivity index (χ2v) is 25.8. The van der Waals surface area contributed by atoms with Crippen molar-refractivity contribution in [1.82, 2.24) is 31.1 Å². The molecule has 486 valence electrons. The van der Waals surface area contributed by atoms with E-state index in [1.54, 1.807) is 0 Å². The number of ether oxygens (including phenoxy) is 1. The van der Waals surface area contributed by atoms with Crippen LogP contribution in [-0.4, -0.2) is 107 Å². The molecule has 4 aromatic carbocycles. The van der Waals surface area contributed by atoms with Crippen LogP contribution in [0.5, 0.6) is 11.5 Å². The first kappa shape index (κ1) is 79.3. The van der Waals surface area contributed by atoms with Crippen LogP contribution in [0.3, 0.4) is 0 Å². The van der Waals surface area contributed by atoms with Crippen LogP contribution in [0.25, 0.3) is 11.4 Å². The molecule has 90 heavy (non-hydrogen) atoms. The van der Waals surface area contributed by atoms with Gasteiger partial charge in [-0.25, -0.2) is 16.8 Å². The molecule has 0 aromatic heterocycles. The van der Waals surface area contributed by atoms with Crippen molar-refractivity contribution >= 4 is 61.3 Å². The molecule has 8 aliphatic rings. The van der Waals surface area contributed by atoms with E-state index < -0.39 is 31.3 Å². The van der Waals surface area contributed by atoms with Crippen molar-refractivity contribution in [2.24, 2.45) is 34.5 Å². The largest absolute Gasteiger partial charge is 1.00 e. The number of aryl methyl sites for hydroxylation is 2. The Hall–Kier alpha value is -3.19. The standard InChI is InChI=1S/C28H33N3O2.C18H22O2.C10H12ClN3.2CHF3O3S.CH2O3.CH4.2K.H/c1-28-15-14-23-22-11-9-21(16-20(22)8-10-24(23)25(28)12-13-27(28)32)33-18-31-17-26(30(2)29-31)19-6-4-3-5-7-19;1-18-9-8-14-13-5-3-12(19)10-11(13)2-4-15(14)16(18)6-7-17(18)20;1-13-10(7-14(8-11)12-13)9-5-3-2-4-6-9;2*2-1(3,4)8(5,6)7;2-1-4-3;;;;/h3-7,9,11,16-17,23-25,29H,8,10,12-15,18H2,1-2H3;3,5,10,14-16,19H,2,4,6-9H2,1H3;2-7,12H,8H2,1H3;2*(H,5,6,7);1,3H;1H4;;;/q;;;;;;;2*+1;-1/p-3/t23?,24?,25?,28-;14?,15?,16?,18-;;;;;;;;/m00......../s1. The van der Waals surface area contributed by atoms with Crippen LogP contribution in [0.4, 0.5) is 26.3 Å². The second kappa shape index (κ2) is 33.5. The molecule has 12 rings (SSSR count). The number of carbonyl (C=O) groups is 3. The van der Waals surface area contributed by atoms with E-state index >= 15 is 0 Å². The number of carbonyl (C=O) groups excluding carboxylic acids is 3. The average Bonchev–Trinajstić information content (AvgIpc) is 1.74. The van der Waals surface area contributed by atoms with Crippen LogP contribution in [0.2, 0.25) is 0 Å². The van der Waals surface area contributed by atoms with Gasteiger partial charge in [-0.2, -0.15) is 26.3 Å². The molecule has 0 radical (unpaired) electrons. The Bertz CT molecular complexity index is 3350. The Labute approximate surface area is 612 Å². The third kappa shape index (κ3) is 19.1. The number of benzene rings is 4. The van der Waals surface area contributed by atoms with Crippen LogP contribution in [0.15, 0.2) is 109 Å².